The van der Waals surface area contributed by atoms with Crippen LogP contribution in [0.4, 0.5) is 0 Å². The van der Waals surface area contributed by atoms with E-state index >= 15 is 0 Å². The maximum absolute atomic E-state index is 5.64. The SMILES string of the molecule is COc1cc(Cc2ccccc2)c(OC)cc1Cc1ccccc1. The number of hydrogen-bond donors (Lipinski definition) is 0. The molecule has 0 aliphatic heterocycles. The zero-order valence-corrected chi connectivity index (χ0v) is 14.2. The third kappa shape index (κ3) is 3.77. The highest BCUT2D eigenvalue weighted by Gasteiger charge is 2.12. The van der Waals surface area contributed by atoms with Crippen LogP contribution in [0, 0.1) is 0 Å². The molecular formula is C22H22O2. The van der Waals surface area contributed by atoms with Crippen LogP contribution in [0.25, 0.3) is 0 Å². The van der Waals surface area contributed by atoms with Gasteiger partial charge in [-0.25, -0.2) is 0 Å². The van der Waals surface area contributed by atoms with E-state index in [4.69, 9.17) is 9.47 Å². The van der Waals surface area contributed by atoms with Crippen LogP contribution in [0.2, 0.25) is 0 Å². The largest absolute Gasteiger partial charge is 0.496 e. The van der Waals surface area contributed by atoms with Gasteiger partial charge in [0.15, 0.2) is 0 Å². The van der Waals surface area contributed by atoms with E-state index in [0.29, 0.717) is 0 Å². The molecule has 2 heteroatoms. The van der Waals surface area contributed by atoms with Crippen LogP contribution in [0.5, 0.6) is 11.5 Å². The van der Waals surface area contributed by atoms with E-state index in [1.54, 1.807) is 14.2 Å². The van der Waals surface area contributed by atoms with Crippen molar-refractivity contribution in [2.45, 2.75) is 12.8 Å². The van der Waals surface area contributed by atoms with Crippen molar-refractivity contribution in [3.63, 3.8) is 0 Å². The highest BCUT2D eigenvalue weighted by molar-refractivity contribution is 5.49. The van der Waals surface area contributed by atoms with Crippen LogP contribution in [-0.2, 0) is 12.8 Å². The molecule has 0 spiro atoms. The fraction of sp³-hybridized carbons (Fsp3) is 0.182. The molecule has 0 heterocycles. The van der Waals surface area contributed by atoms with Crippen molar-refractivity contribution in [2.24, 2.45) is 0 Å². The smallest absolute Gasteiger partial charge is 0.122 e. The molecule has 0 saturated heterocycles. The molecule has 0 aromatic heterocycles. The highest BCUT2D eigenvalue weighted by atomic mass is 16.5. The number of rotatable bonds is 6. The molecule has 3 aromatic rings. The van der Waals surface area contributed by atoms with Gasteiger partial charge in [-0.05, 0) is 23.3 Å². The van der Waals surface area contributed by atoms with Gasteiger partial charge in [-0.2, -0.15) is 0 Å². The van der Waals surface area contributed by atoms with Gasteiger partial charge in [-0.15, -0.1) is 0 Å². The minimum Gasteiger partial charge on any atom is -0.496 e. The molecule has 0 N–H and O–H groups in total. The van der Waals surface area contributed by atoms with Crippen molar-refractivity contribution in [1.82, 2.24) is 0 Å². The van der Waals surface area contributed by atoms with Gasteiger partial charge in [-0.1, -0.05) is 60.7 Å². The second-order valence-corrected chi connectivity index (χ2v) is 5.80. The summed E-state index contributed by atoms with van der Waals surface area (Å²) in [6, 6.07) is 25.0. The molecule has 24 heavy (non-hydrogen) atoms. The van der Waals surface area contributed by atoms with Gasteiger partial charge in [0.25, 0.3) is 0 Å². The van der Waals surface area contributed by atoms with Crippen molar-refractivity contribution in [3.05, 3.63) is 95.1 Å². The lowest BCUT2D eigenvalue weighted by molar-refractivity contribution is 0.396. The minimum atomic E-state index is 0.825. The van der Waals surface area contributed by atoms with Gasteiger partial charge in [0.05, 0.1) is 14.2 Å². The molecule has 0 fully saturated rings. The molecule has 0 amide bonds. The summed E-state index contributed by atoms with van der Waals surface area (Å²) < 4.78 is 11.3. The molecule has 0 atom stereocenters. The van der Waals surface area contributed by atoms with E-state index in [0.717, 1.165) is 35.5 Å². The third-order valence-electron chi connectivity index (χ3n) is 4.16. The molecule has 122 valence electrons. The van der Waals surface area contributed by atoms with Crippen molar-refractivity contribution < 1.29 is 9.47 Å². The normalized spacial score (nSPS) is 10.4. The van der Waals surface area contributed by atoms with Gasteiger partial charge in [-0.3, -0.25) is 0 Å². The molecular weight excluding hydrogens is 296 g/mol. The first kappa shape index (κ1) is 16.1. The second-order valence-electron chi connectivity index (χ2n) is 5.80. The second kappa shape index (κ2) is 7.69. The Morgan fingerprint density at radius 3 is 1.29 bits per heavy atom. The number of methoxy groups -OCH3 is 2. The molecule has 0 aliphatic rings. The number of hydrogen-bond acceptors (Lipinski definition) is 2. The average molecular weight is 318 g/mol. The van der Waals surface area contributed by atoms with E-state index in [1.807, 2.05) is 12.1 Å². The van der Waals surface area contributed by atoms with Crippen LogP contribution in [0.1, 0.15) is 22.3 Å². The lowest BCUT2D eigenvalue weighted by Crippen LogP contribution is -2.00. The lowest BCUT2D eigenvalue weighted by atomic mass is 9.98. The summed E-state index contributed by atoms with van der Waals surface area (Å²) in [6.45, 7) is 0. The number of ether oxygens (including phenoxy) is 2. The Hall–Kier alpha value is -2.74. The van der Waals surface area contributed by atoms with Crippen LogP contribution in [-0.4, -0.2) is 14.2 Å². The van der Waals surface area contributed by atoms with E-state index in [9.17, 15) is 0 Å². The summed E-state index contributed by atoms with van der Waals surface area (Å²) in [7, 11) is 3.45. The maximum atomic E-state index is 5.64. The van der Waals surface area contributed by atoms with Crippen LogP contribution in [0.15, 0.2) is 72.8 Å². The first-order valence-corrected chi connectivity index (χ1v) is 8.12. The van der Waals surface area contributed by atoms with Crippen molar-refractivity contribution in [3.8, 4) is 11.5 Å². The molecule has 0 unspecified atom stereocenters. The predicted octanol–water partition coefficient (Wildman–Crippen LogP) is 4.89. The topological polar surface area (TPSA) is 18.5 Å². The highest BCUT2D eigenvalue weighted by Crippen LogP contribution is 2.32. The molecule has 0 radical (unpaired) electrons. The fourth-order valence-electron chi connectivity index (χ4n) is 2.93. The first-order valence-electron chi connectivity index (χ1n) is 8.12. The standard InChI is InChI=1S/C22H22O2/c1-23-21-15-20(14-18-11-7-4-8-12-18)22(24-2)16-19(21)13-17-9-5-3-6-10-17/h3-12,15-16H,13-14H2,1-2H3. The molecule has 0 saturated carbocycles. The Morgan fingerprint density at radius 2 is 0.958 bits per heavy atom. The van der Waals surface area contributed by atoms with E-state index in [-0.39, 0.29) is 0 Å². The van der Waals surface area contributed by atoms with Crippen molar-refractivity contribution >= 4 is 0 Å². The summed E-state index contributed by atoms with van der Waals surface area (Å²) in [5.41, 5.74) is 4.79. The Morgan fingerprint density at radius 1 is 0.583 bits per heavy atom. The maximum Gasteiger partial charge on any atom is 0.122 e. The number of benzene rings is 3. The molecule has 3 rings (SSSR count). The Labute approximate surface area is 143 Å². The van der Waals surface area contributed by atoms with Crippen LogP contribution < -0.4 is 9.47 Å². The van der Waals surface area contributed by atoms with Gasteiger partial charge < -0.3 is 9.47 Å². The quantitative estimate of drug-likeness (QED) is 0.644. The van der Waals surface area contributed by atoms with Crippen LogP contribution >= 0.6 is 0 Å². The Kier molecular flexibility index (Phi) is 5.17. The van der Waals surface area contributed by atoms with E-state index in [1.165, 1.54) is 11.1 Å². The Balaban J connectivity index is 1.94. The zero-order chi connectivity index (χ0) is 16.8. The van der Waals surface area contributed by atoms with Crippen LogP contribution in [0.3, 0.4) is 0 Å². The van der Waals surface area contributed by atoms with Gasteiger partial charge in [0.1, 0.15) is 11.5 Å². The third-order valence-corrected chi connectivity index (χ3v) is 4.16. The first-order chi connectivity index (χ1) is 11.8. The zero-order valence-electron chi connectivity index (χ0n) is 14.2. The summed E-state index contributed by atoms with van der Waals surface area (Å²) in [5, 5.41) is 0. The summed E-state index contributed by atoms with van der Waals surface area (Å²) in [5.74, 6) is 1.82. The van der Waals surface area contributed by atoms with E-state index < -0.39 is 0 Å². The Bertz CT molecular complexity index is 711. The van der Waals surface area contributed by atoms with Gasteiger partial charge in [0, 0.05) is 24.0 Å². The molecule has 2 nitrogen and oxygen atoms in total. The van der Waals surface area contributed by atoms with Gasteiger partial charge in [0.2, 0.25) is 0 Å². The molecule has 3 aromatic carbocycles. The monoisotopic (exact) mass is 318 g/mol. The van der Waals surface area contributed by atoms with Gasteiger partial charge >= 0.3 is 0 Å². The van der Waals surface area contributed by atoms with E-state index in [2.05, 4.69) is 60.7 Å². The van der Waals surface area contributed by atoms with Crippen molar-refractivity contribution in [1.29, 1.82) is 0 Å². The molecule has 0 bridgehead atoms. The fourth-order valence-corrected chi connectivity index (χ4v) is 2.93. The lowest BCUT2D eigenvalue weighted by Gasteiger charge is -2.15. The summed E-state index contributed by atoms with van der Waals surface area (Å²) in [6.07, 6.45) is 1.65. The molecule has 0 aliphatic carbocycles. The summed E-state index contributed by atoms with van der Waals surface area (Å²) >= 11 is 0. The minimum absolute atomic E-state index is 0.825. The summed E-state index contributed by atoms with van der Waals surface area (Å²) in [4.78, 5) is 0. The predicted molar refractivity (Wildman–Crippen MR) is 98.0 cm³/mol. The van der Waals surface area contributed by atoms with Crippen molar-refractivity contribution in [2.75, 3.05) is 14.2 Å². The average Bonchev–Trinajstić information content (AvgIpc) is 2.64.